The highest BCUT2D eigenvalue weighted by Gasteiger charge is 2.27. The first-order valence-corrected chi connectivity index (χ1v) is 8.21. The number of benzene rings is 1. The number of hydrogen-bond donors (Lipinski definition) is 2. The second-order valence-corrected chi connectivity index (χ2v) is 6.43. The summed E-state index contributed by atoms with van der Waals surface area (Å²) in [7, 11) is 0. The number of nitrogens with zero attached hydrogens (tertiary/aromatic N) is 1. The van der Waals surface area contributed by atoms with Crippen molar-refractivity contribution in [3.05, 3.63) is 53.2 Å². The lowest BCUT2D eigenvalue weighted by Gasteiger charge is -2.28. The molecule has 0 bridgehead atoms. The standard InChI is InChI=1S/C18H19ClN2O2/c19-15-7-5-13(6-8-15)12-1-3-14(4-2-12)18(23)21-17-10-9-16(22)11-20-17/h5-12,14,22H,1-4H2,(H,20,21,23)/t12-,14-. The summed E-state index contributed by atoms with van der Waals surface area (Å²) in [4.78, 5) is 16.3. The van der Waals surface area contributed by atoms with Crippen molar-refractivity contribution in [3.8, 4) is 5.75 Å². The maximum atomic E-state index is 12.3. The number of aromatic nitrogens is 1. The average Bonchev–Trinajstić information content (AvgIpc) is 2.58. The number of halogens is 1. The summed E-state index contributed by atoms with van der Waals surface area (Å²) in [6.07, 6.45) is 5.08. The minimum atomic E-state index is 0.0118. The fourth-order valence-electron chi connectivity index (χ4n) is 3.11. The van der Waals surface area contributed by atoms with Crippen LogP contribution in [-0.2, 0) is 4.79 Å². The van der Waals surface area contributed by atoms with Gasteiger partial charge in [0.1, 0.15) is 11.6 Å². The molecule has 0 saturated heterocycles. The number of rotatable bonds is 3. The lowest BCUT2D eigenvalue weighted by Crippen LogP contribution is -2.27. The van der Waals surface area contributed by atoms with E-state index in [1.807, 2.05) is 12.1 Å². The second kappa shape index (κ2) is 7.01. The molecule has 0 radical (unpaired) electrons. The van der Waals surface area contributed by atoms with Crippen LogP contribution in [0.5, 0.6) is 5.75 Å². The van der Waals surface area contributed by atoms with E-state index < -0.39 is 0 Å². The smallest absolute Gasteiger partial charge is 0.228 e. The van der Waals surface area contributed by atoms with E-state index in [0.717, 1.165) is 30.7 Å². The Bertz CT molecular complexity index is 662. The van der Waals surface area contributed by atoms with Crippen LogP contribution in [0.3, 0.4) is 0 Å². The van der Waals surface area contributed by atoms with Crippen molar-refractivity contribution in [2.24, 2.45) is 5.92 Å². The Kier molecular flexibility index (Phi) is 4.82. The third kappa shape index (κ3) is 4.02. The van der Waals surface area contributed by atoms with Gasteiger partial charge in [-0.3, -0.25) is 4.79 Å². The lowest BCUT2D eigenvalue weighted by molar-refractivity contribution is -0.120. The molecule has 1 aliphatic carbocycles. The summed E-state index contributed by atoms with van der Waals surface area (Å²) in [6.45, 7) is 0. The van der Waals surface area contributed by atoms with Crippen molar-refractivity contribution < 1.29 is 9.90 Å². The van der Waals surface area contributed by atoms with E-state index in [1.165, 1.54) is 17.8 Å². The van der Waals surface area contributed by atoms with Crippen LogP contribution in [0.15, 0.2) is 42.6 Å². The zero-order valence-corrected chi connectivity index (χ0v) is 13.5. The minimum absolute atomic E-state index is 0.0118. The predicted octanol–water partition coefficient (Wildman–Crippen LogP) is 4.35. The van der Waals surface area contributed by atoms with Crippen LogP contribution in [0.2, 0.25) is 5.02 Å². The number of pyridine rings is 1. The molecule has 4 nitrogen and oxygen atoms in total. The van der Waals surface area contributed by atoms with Gasteiger partial charge in [0.15, 0.2) is 0 Å². The molecule has 1 saturated carbocycles. The van der Waals surface area contributed by atoms with Gasteiger partial charge in [0.25, 0.3) is 0 Å². The Labute approximate surface area is 140 Å². The molecule has 5 heteroatoms. The number of carbonyl (C=O) groups excluding carboxylic acids is 1. The summed E-state index contributed by atoms with van der Waals surface area (Å²) in [6, 6.07) is 11.1. The lowest BCUT2D eigenvalue weighted by atomic mass is 9.78. The molecule has 1 heterocycles. The van der Waals surface area contributed by atoms with E-state index in [9.17, 15) is 9.90 Å². The second-order valence-electron chi connectivity index (χ2n) is 5.99. The van der Waals surface area contributed by atoms with E-state index in [-0.39, 0.29) is 17.6 Å². The summed E-state index contributed by atoms with van der Waals surface area (Å²) in [5, 5.41) is 12.8. The molecule has 2 aromatic rings. The third-order valence-electron chi connectivity index (χ3n) is 4.44. The quantitative estimate of drug-likeness (QED) is 0.879. The highest BCUT2D eigenvalue weighted by molar-refractivity contribution is 6.30. The van der Waals surface area contributed by atoms with E-state index in [1.54, 1.807) is 6.07 Å². The highest BCUT2D eigenvalue weighted by Crippen LogP contribution is 2.36. The van der Waals surface area contributed by atoms with Crippen LogP contribution in [0.4, 0.5) is 5.82 Å². The van der Waals surface area contributed by atoms with E-state index in [0.29, 0.717) is 11.7 Å². The Morgan fingerprint density at radius 3 is 2.39 bits per heavy atom. The Hall–Kier alpha value is -2.07. The number of anilines is 1. The monoisotopic (exact) mass is 330 g/mol. The molecule has 1 fully saturated rings. The molecule has 2 N–H and O–H groups in total. The van der Waals surface area contributed by atoms with Crippen molar-refractivity contribution >= 4 is 23.3 Å². The Morgan fingerprint density at radius 1 is 1.09 bits per heavy atom. The molecule has 0 unspecified atom stereocenters. The van der Waals surface area contributed by atoms with Gasteiger partial charge in [0.2, 0.25) is 5.91 Å². The molecule has 0 aliphatic heterocycles. The molecule has 1 aliphatic rings. The molecule has 0 atom stereocenters. The van der Waals surface area contributed by atoms with Gasteiger partial charge >= 0.3 is 0 Å². The van der Waals surface area contributed by atoms with Crippen molar-refractivity contribution in [1.29, 1.82) is 0 Å². The van der Waals surface area contributed by atoms with Gasteiger partial charge in [0.05, 0.1) is 6.20 Å². The van der Waals surface area contributed by atoms with Gasteiger partial charge in [-0.25, -0.2) is 4.98 Å². The number of carbonyl (C=O) groups is 1. The van der Waals surface area contributed by atoms with Gasteiger partial charge in [-0.15, -0.1) is 0 Å². The summed E-state index contributed by atoms with van der Waals surface area (Å²) in [5.41, 5.74) is 1.30. The zero-order valence-electron chi connectivity index (χ0n) is 12.7. The van der Waals surface area contributed by atoms with Crippen LogP contribution >= 0.6 is 11.6 Å². The zero-order chi connectivity index (χ0) is 16.2. The Morgan fingerprint density at radius 2 is 1.78 bits per heavy atom. The van der Waals surface area contributed by atoms with Crippen LogP contribution < -0.4 is 5.32 Å². The maximum absolute atomic E-state index is 12.3. The predicted molar refractivity (Wildman–Crippen MR) is 90.7 cm³/mol. The van der Waals surface area contributed by atoms with Gasteiger partial charge in [-0.2, -0.15) is 0 Å². The molecule has 1 aromatic carbocycles. The summed E-state index contributed by atoms with van der Waals surface area (Å²) in [5.74, 6) is 1.11. The Balaban J connectivity index is 1.54. The third-order valence-corrected chi connectivity index (χ3v) is 4.69. The first-order chi connectivity index (χ1) is 11.1. The largest absolute Gasteiger partial charge is 0.506 e. The molecular weight excluding hydrogens is 312 g/mol. The highest BCUT2D eigenvalue weighted by atomic mass is 35.5. The topological polar surface area (TPSA) is 62.2 Å². The average molecular weight is 331 g/mol. The normalized spacial score (nSPS) is 20.9. The minimum Gasteiger partial charge on any atom is -0.506 e. The number of hydrogen-bond acceptors (Lipinski definition) is 3. The molecule has 1 amide bonds. The summed E-state index contributed by atoms with van der Waals surface area (Å²) < 4.78 is 0. The van der Waals surface area contributed by atoms with Crippen LogP contribution in [0.1, 0.15) is 37.2 Å². The number of aromatic hydroxyl groups is 1. The van der Waals surface area contributed by atoms with Gasteiger partial charge in [0, 0.05) is 10.9 Å². The SMILES string of the molecule is O=C(Nc1ccc(O)cn1)[C@H]1CC[C@H](c2ccc(Cl)cc2)CC1. The first-order valence-electron chi connectivity index (χ1n) is 7.83. The van der Waals surface area contributed by atoms with Gasteiger partial charge in [-0.1, -0.05) is 23.7 Å². The van der Waals surface area contributed by atoms with Crippen LogP contribution in [-0.4, -0.2) is 16.0 Å². The molecule has 3 rings (SSSR count). The van der Waals surface area contributed by atoms with Gasteiger partial charge < -0.3 is 10.4 Å². The first kappa shape index (κ1) is 15.8. The fourth-order valence-corrected chi connectivity index (χ4v) is 3.24. The number of nitrogens with one attached hydrogen (secondary N) is 1. The maximum Gasteiger partial charge on any atom is 0.228 e. The summed E-state index contributed by atoms with van der Waals surface area (Å²) >= 11 is 5.93. The number of amides is 1. The van der Waals surface area contributed by atoms with Crippen molar-refractivity contribution in [1.82, 2.24) is 4.98 Å². The van der Waals surface area contributed by atoms with Crippen LogP contribution in [0, 0.1) is 5.92 Å². The van der Waals surface area contributed by atoms with Crippen LogP contribution in [0.25, 0.3) is 0 Å². The van der Waals surface area contributed by atoms with Gasteiger partial charge in [-0.05, 0) is 61.4 Å². The van der Waals surface area contributed by atoms with E-state index >= 15 is 0 Å². The van der Waals surface area contributed by atoms with Crippen molar-refractivity contribution in [3.63, 3.8) is 0 Å². The molecule has 0 spiro atoms. The molecule has 1 aromatic heterocycles. The van der Waals surface area contributed by atoms with E-state index in [4.69, 9.17) is 11.6 Å². The fraction of sp³-hybridized carbons (Fsp3) is 0.333. The van der Waals surface area contributed by atoms with E-state index in [2.05, 4.69) is 22.4 Å². The molecule has 120 valence electrons. The molecular formula is C18H19ClN2O2. The molecule has 23 heavy (non-hydrogen) atoms. The van der Waals surface area contributed by atoms with Crippen molar-refractivity contribution in [2.45, 2.75) is 31.6 Å². The van der Waals surface area contributed by atoms with Crippen molar-refractivity contribution in [2.75, 3.05) is 5.32 Å².